The molecule has 0 aliphatic heterocycles. The van der Waals surface area contributed by atoms with Gasteiger partial charge in [-0.25, -0.2) is 5.26 Å². The van der Waals surface area contributed by atoms with E-state index in [1.807, 2.05) is 20.8 Å². The highest BCUT2D eigenvalue weighted by Crippen LogP contribution is 2.46. The minimum atomic E-state index is -3.59. The molecule has 1 atom stereocenters. The molecule has 1 unspecified atom stereocenters. The second kappa shape index (κ2) is 13.0. The van der Waals surface area contributed by atoms with Gasteiger partial charge in [-0.3, -0.25) is 9.36 Å². The first kappa shape index (κ1) is 23.7. The minimum absolute atomic E-state index is 0.0728. The smallest absolute Gasteiger partial charge is 0.374 e. The van der Waals surface area contributed by atoms with Gasteiger partial charge in [0.15, 0.2) is 0 Å². The molecule has 11 heteroatoms. The molecule has 9 nitrogen and oxygen atoms in total. The fraction of sp³-hybridized carbons (Fsp3) is 0.923. The first-order valence-electron chi connectivity index (χ1n) is 8.07. The molecule has 0 saturated carbocycles. The van der Waals surface area contributed by atoms with Gasteiger partial charge in [-0.1, -0.05) is 0 Å². The van der Waals surface area contributed by atoms with Crippen molar-refractivity contribution in [1.29, 1.82) is 0 Å². The third-order valence-corrected chi connectivity index (χ3v) is 7.82. The third kappa shape index (κ3) is 9.24. The Morgan fingerprint density at radius 1 is 1.12 bits per heavy atom. The van der Waals surface area contributed by atoms with Crippen molar-refractivity contribution in [2.45, 2.75) is 39.7 Å². The molecule has 0 saturated heterocycles. The van der Waals surface area contributed by atoms with Crippen LogP contribution in [0.4, 0.5) is 0 Å². The summed E-state index contributed by atoms with van der Waals surface area (Å²) in [5.74, 6) is -0.305. The molecule has 0 fully saturated rings. The van der Waals surface area contributed by atoms with Crippen molar-refractivity contribution in [3.8, 4) is 0 Å². The number of rotatable bonds is 15. The summed E-state index contributed by atoms with van der Waals surface area (Å²) in [4.78, 5) is 11.7. The second-order valence-electron chi connectivity index (χ2n) is 4.78. The van der Waals surface area contributed by atoms with Crippen LogP contribution in [0.5, 0.6) is 0 Å². The summed E-state index contributed by atoms with van der Waals surface area (Å²) in [5, 5.41) is 11.2. The Kier molecular flexibility index (Phi) is 12.8. The fourth-order valence-corrected chi connectivity index (χ4v) is 5.45. The van der Waals surface area contributed by atoms with Crippen molar-refractivity contribution in [3.05, 3.63) is 0 Å². The lowest BCUT2D eigenvalue weighted by Gasteiger charge is -2.28. The van der Waals surface area contributed by atoms with Gasteiger partial charge in [-0.05, 0) is 27.2 Å². The molecule has 0 bridgehead atoms. The van der Waals surface area contributed by atoms with Crippen LogP contribution in [0.25, 0.3) is 0 Å². The zero-order chi connectivity index (χ0) is 18.5. The highest BCUT2D eigenvalue weighted by molar-refractivity contribution is 7.53. The zero-order valence-electron chi connectivity index (χ0n) is 14.9. The van der Waals surface area contributed by atoms with E-state index in [0.29, 0.717) is 38.8 Å². The largest absolute Gasteiger partial charge is 0.500 e. The van der Waals surface area contributed by atoms with Gasteiger partial charge in [-0.2, -0.15) is 4.67 Å². The van der Waals surface area contributed by atoms with E-state index in [1.54, 1.807) is 0 Å². The van der Waals surface area contributed by atoms with Gasteiger partial charge in [0.25, 0.3) is 0 Å². The van der Waals surface area contributed by atoms with Crippen LogP contribution in [0.2, 0.25) is 6.04 Å². The molecule has 0 aromatic carbocycles. The molecular formula is C13H30NO8PSi. The molecule has 0 rings (SSSR count). The lowest BCUT2D eigenvalue weighted by atomic mass is 10.4. The average Bonchev–Trinajstić information content (AvgIpc) is 2.57. The summed E-state index contributed by atoms with van der Waals surface area (Å²) >= 11 is 0. The Labute approximate surface area is 144 Å². The monoisotopic (exact) mass is 387 g/mol. The molecule has 2 N–H and O–H groups in total. The molecule has 0 spiro atoms. The van der Waals surface area contributed by atoms with E-state index in [9.17, 15) is 9.36 Å². The fourth-order valence-electron chi connectivity index (χ4n) is 2.03. The number of amides is 1. The van der Waals surface area contributed by atoms with E-state index in [-0.39, 0.29) is 18.5 Å². The van der Waals surface area contributed by atoms with Gasteiger partial charge in [-0.15, -0.1) is 0 Å². The summed E-state index contributed by atoms with van der Waals surface area (Å²) in [6.07, 6.45) is 0.369. The normalized spacial score (nSPS) is 14.4. The summed E-state index contributed by atoms with van der Waals surface area (Å²) in [7, 11) is -5.14. The molecule has 0 aliphatic rings. The first-order chi connectivity index (χ1) is 11.4. The number of carbonyl (C=O) groups is 1. The number of hydrogen-bond acceptors (Lipinski definition) is 8. The van der Waals surface area contributed by atoms with Gasteiger partial charge >= 0.3 is 16.4 Å². The van der Waals surface area contributed by atoms with Crippen molar-refractivity contribution < 1.29 is 37.1 Å². The molecule has 0 heterocycles. The van der Waals surface area contributed by atoms with Gasteiger partial charge in [0.2, 0.25) is 5.91 Å². The van der Waals surface area contributed by atoms with Gasteiger partial charge in [0, 0.05) is 45.9 Å². The average molecular weight is 387 g/mol. The van der Waals surface area contributed by atoms with Gasteiger partial charge in [0.1, 0.15) is 0 Å². The van der Waals surface area contributed by atoms with Gasteiger partial charge in [0.05, 0.1) is 6.16 Å². The third-order valence-electron chi connectivity index (χ3n) is 3.09. The van der Waals surface area contributed by atoms with E-state index in [4.69, 9.17) is 18.5 Å². The van der Waals surface area contributed by atoms with Crippen LogP contribution in [0, 0.1) is 0 Å². The Balaban J connectivity index is 4.23. The minimum Gasteiger partial charge on any atom is -0.374 e. The Hall–Kier alpha value is -0.323. The van der Waals surface area contributed by atoms with Crippen molar-refractivity contribution in [2.24, 2.45) is 0 Å². The van der Waals surface area contributed by atoms with E-state index < -0.39 is 16.4 Å². The Bertz CT molecular complexity index is 373. The highest BCUT2D eigenvalue weighted by Gasteiger charge is 2.39. The van der Waals surface area contributed by atoms with Crippen molar-refractivity contribution in [2.75, 3.05) is 39.6 Å². The summed E-state index contributed by atoms with van der Waals surface area (Å²) in [6.45, 7) is 7.60. The highest BCUT2D eigenvalue weighted by atomic mass is 31.2. The van der Waals surface area contributed by atoms with E-state index in [0.717, 1.165) is 7.11 Å². The molecule has 0 aliphatic carbocycles. The van der Waals surface area contributed by atoms with Crippen LogP contribution >= 0.6 is 7.60 Å². The maximum Gasteiger partial charge on any atom is 0.500 e. The van der Waals surface area contributed by atoms with Crippen LogP contribution in [0.3, 0.4) is 0 Å². The quantitative estimate of drug-likeness (QED) is 0.145. The Morgan fingerprint density at radius 3 is 2.08 bits per heavy atom. The summed E-state index contributed by atoms with van der Waals surface area (Å²) in [5.41, 5.74) is 0. The Morgan fingerprint density at radius 2 is 1.67 bits per heavy atom. The van der Waals surface area contributed by atoms with Crippen molar-refractivity contribution >= 4 is 22.3 Å². The van der Waals surface area contributed by atoms with Crippen LogP contribution in [0.1, 0.15) is 33.6 Å². The first-order valence-corrected chi connectivity index (χ1v) is 11.7. The van der Waals surface area contributed by atoms with Crippen molar-refractivity contribution in [3.63, 3.8) is 0 Å². The molecule has 24 heavy (non-hydrogen) atoms. The standard InChI is InChI=1S/C13H30NO8PSi/c1-5-19-24(20-6-2,21-7-3)12-8-10-14-13(15)9-11-23(17,18-4)22-16/h16H,5-12H2,1-4H3,(H,14,15). The summed E-state index contributed by atoms with van der Waals surface area (Å²) in [6, 6.07) is 0.596. The predicted octanol–water partition coefficient (Wildman–Crippen LogP) is 2.26. The van der Waals surface area contributed by atoms with Crippen LogP contribution in [-0.4, -0.2) is 59.6 Å². The number of nitrogens with one attached hydrogen (secondary N) is 1. The SMILES string of the molecule is CCO[Si](CCCNC(=O)CCP(=O)(OC)OO)(OCC)OCC. The lowest BCUT2D eigenvalue weighted by Crippen LogP contribution is -2.46. The predicted molar refractivity (Wildman–Crippen MR) is 90.9 cm³/mol. The van der Waals surface area contributed by atoms with E-state index in [2.05, 4.69) is 14.5 Å². The van der Waals surface area contributed by atoms with E-state index in [1.165, 1.54) is 0 Å². The molecule has 1 amide bonds. The molecule has 0 aromatic rings. The molecule has 0 aromatic heterocycles. The second-order valence-corrected chi connectivity index (χ2v) is 9.71. The number of hydrogen-bond donors (Lipinski definition) is 2. The molecule has 144 valence electrons. The van der Waals surface area contributed by atoms with Crippen LogP contribution in [0.15, 0.2) is 0 Å². The maximum atomic E-state index is 11.7. The van der Waals surface area contributed by atoms with E-state index >= 15 is 0 Å². The molecular weight excluding hydrogens is 357 g/mol. The van der Waals surface area contributed by atoms with Gasteiger partial charge < -0.3 is 23.1 Å². The van der Waals surface area contributed by atoms with Crippen molar-refractivity contribution in [1.82, 2.24) is 5.32 Å². The zero-order valence-corrected chi connectivity index (χ0v) is 16.8. The molecule has 0 radical (unpaired) electrons. The maximum absolute atomic E-state index is 11.7. The summed E-state index contributed by atoms with van der Waals surface area (Å²) < 4.78 is 37.1. The van der Waals surface area contributed by atoms with Crippen LogP contribution in [-0.2, 0) is 31.8 Å². The van der Waals surface area contributed by atoms with Crippen LogP contribution < -0.4 is 5.32 Å². The topological polar surface area (TPSA) is 113 Å². The lowest BCUT2D eigenvalue weighted by molar-refractivity contribution is -0.147. The number of carbonyl (C=O) groups excluding carboxylic acids is 1.